The molecule has 3 rings (SSSR count). The Morgan fingerprint density at radius 1 is 1.21 bits per heavy atom. The monoisotopic (exact) mass is 257 g/mol. The molecule has 2 aromatic rings. The van der Waals surface area contributed by atoms with Crippen molar-refractivity contribution < 1.29 is 0 Å². The second kappa shape index (κ2) is 5.09. The lowest BCUT2D eigenvalue weighted by molar-refractivity contribution is 0.444. The van der Waals surface area contributed by atoms with E-state index in [1.54, 1.807) is 4.80 Å². The van der Waals surface area contributed by atoms with Crippen molar-refractivity contribution in [2.24, 2.45) is 0 Å². The summed E-state index contributed by atoms with van der Waals surface area (Å²) in [5, 5.41) is 16.4. The zero-order valence-corrected chi connectivity index (χ0v) is 11.4. The van der Waals surface area contributed by atoms with Crippen LogP contribution >= 0.6 is 0 Å². The van der Waals surface area contributed by atoms with Gasteiger partial charge in [-0.25, -0.2) is 0 Å². The average Bonchev–Trinajstić information content (AvgIpc) is 2.89. The van der Waals surface area contributed by atoms with E-state index in [0.717, 1.165) is 37.4 Å². The van der Waals surface area contributed by atoms with Crippen LogP contribution in [-0.4, -0.2) is 33.3 Å². The molecule has 1 fully saturated rings. The van der Waals surface area contributed by atoms with Crippen LogP contribution in [0.25, 0.3) is 5.69 Å². The van der Waals surface area contributed by atoms with Crippen LogP contribution in [-0.2, 0) is 0 Å². The van der Waals surface area contributed by atoms with Crippen LogP contribution in [0.3, 0.4) is 0 Å². The largest absolute Gasteiger partial charge is 0.317 e. The number of benzene rings is 1. The first kappa shape index (κ1) is 12.3. The van der Waals surface area contributed by atoms with Gasteiger partial charge in [-0.05, 0) is 56.6 Å². The van der Waals surface area contributed by atoms with Gasteiger partial charge < -0.3 is 5.32 Å². The second-order valence-electron chi connectivity index (χ2n) is 5.25. The Balaban J connectivity index is 1.87. The van der Waals surface area contributed by atoms with Crippen molar-refractivity contribution in [3.8, 4) is 5.69 Å². The number of piperidine rings is 1. The Kier molecular flexibility index (Phi) is 3.29. The van der Waals surface area contributed by atoms with Gasteiger partial charge in [0, 0.05) is 5.92 Å². The van der Waals surface area contributed by atoms with Crippen molar-refractivity contribution in [1.29, 1.82) is 0 Å². The highest BCUT2D eigenvalue weighted by molar-refractivity contribution is 5.40. The molecular weight excluding hydrogens is 238 g/mol. The quantitative estimate of drug-likeness (QED) is 0.890. The Morgan fingerprint density at radius 3 is 2.74 bits per heavy atom. The molecule has 100 valence electrons. The smallest absolute Gasteiger partial charge is 0.178 e. The third-order valence-electron chi connectivity index (χ3n) is 3.70. The van der Waals surface area contributed by atoms with E-state index in [9.17, 15) is 0 Å². The first-order valence-electron chi connectivity index (χ1n) is 6.82. The molecule has 0 amide bonds. The third kappa shape index (κ3) is 2.51. The molecule has 1 N–H and O–H groups in total. The van der Waals surface area contributed by atoms with E-state index in [-0.39, 0.29) is 0 Å². The lowest BCUT2D eigenvalue weighted by atomic mass is 9.98. The lowest BCUT2D eigenvalue weighted by Gasteiger charge is -2.19. The van der Waals surface area contributed by atoms with Crippen LogP contribution in [0.15, 0.2) is 18.2 Å². The van der Waals surface area contributed by atoms with Gasteiger partial charge in [0.2, 0.25) is 0 Å². The topological polar surface area (TPSA) is 55.6 Å². The van der Waals surface area contributed by atoms with Gasteiger partial charge in [0.1, 0.15) is 0 Å². The predicted octanol–water partition coefficient (Wildman–Crippen LogP) is 1.75. The van der Waals surface area contributed by atoms with E-state index in [2.05, 4.69) is 52.8 Å². The highest BCUT2D eigenvalue weighted by atomic mass is 15.6. The maximum atomic E-state index is 4.56. The van der Waals surface area contributed by atoms with Gasteiger partial charge in [-0.2, -0.15) is 0 Å². The maximum absolute atomic E-state index is 4.56. The number of nitrogens with zero attached hydrogens (tertiary/aromatic N) is 4. The summed E-state index contributed by atoms with van der Waals surface area (Å²) < 4.78 is 0. The van der Waals surface area contributed by atoms with E-state index < -0.39 is 0 Å². The maximum Gasteiger partial charge on any atom is 0.178 e. The zero-order valence-electron chi connectivity index (χ0n) is 11.4. The van der Waals surface area contributed by atoms with E-state index in [4.69, 9.17) is 0 Å². The third-order valence-corrected chi connectivity index (χ3v) is 3.70. The molecular formula is C14H19N5. The first-order chi connectivity index (χ1) is 9.24. The summed E-state index contributed by atoms with van der Waals surface area (Å²) >= 11 is 0. The van der Waals surface area contributed by atoms with E-state index in [0.29, 0.717) is 5.92 Å². The molecule has 0 saturated carbocycles. The number of rotatable bonds is 2. The van der Waals surface area contributed by atoms with Crippen molar-refractivity contribution in [3.05, 3.63) is 35.2 Å². The Hall–Kier alpha value is -1.75. The van der Waals surface area contributed by atoms with Gasteiger partial charge >= 0.3 is 0 Å². The highest BCUT2D eigenvalue weighted by Gasteiger charge is 2.20. The fourth-order valence-electron chi connectivity index (χ4n) is 2.60. The summed E-state index contributed by atoms with van der Waals surface area (Å²) in [6, 6.07) is 6.28. The molecule has 5 nitrogen and oxygen atoms in total. The number of nitrogens with one attached hydrogen (secondary N) is 1. The Bertz CT molecular complexity index is 569. The van der Waals surface area contributed by atoms with Crippen LogP contribution in [0, 0.1) is 13.8 Å². The number of tetrazole rings is 1. The Labute approximate surface area is 113 Å². The summed E-state index contributed by atoms with van der Waals surface area (Å²) in [6.07, 6.45) is 2.19. The minimum Gasteiger partial charge on any atom is -0.317 e. The van der Waals surface area contributed by atoms with E-state index in [1.807, 2.05) is 0 Å². The number of hydrogen-bond acceptors (Lipinski definition) is 4. The molecule has 0 atom stereocenters. The summed E-state index contributed by atoms with van der Waals surface area (Å²) in [5.74, 6) is 1.32. The molecule has 1 aromatic carbocycles. The molecule has 0 unspecified atom stereocenters. The number of aryl methyl sites for hydroxylation is 2. The fourth-order valence-corrected chi connectivity index (χ4v) is 2.60. The molecule has 19 heavy (non-hydrogen) atoms. The molecule has 0 spiro atoms. The van der Waals surface area contributed by atoms with Crippen LogP contribution in [0.1, 0.15) is 35.7 Å². The normalized spacial score (nSPS) is 16.7. The van der Waals surface area contributed by atoms with Crippen LogP contribution < -0.4 is 5.32 Å². The standard InChI is InChI=1S/C14H19N5/c1-10-3-4-13(11(2)9-10)19-17-14(16-18-19)12-5-7-15-8-6-12/h3-4,9,12,15H,5-8H2,1-2H3. The molecule has 1 aromatic heterocycles. The molecule has 0 bridgehead atoms. The molecule has 1 aliphatic heterocycles. The molecule has 0 aliphatic carbocycles. The lowest BCUT2D eigenvalue weighted by Crippen LogP contribution is -2.27. The number of hydrogen-bond donors (Lipinski definition) is 1. The van der Waals surface area contributed by atoms with Gasteiger partial charge in [0.25, 0.3) is 0 Å². The van der Waals surface area contributed by atoms with Crippen molar-refractivity contribution in [3.63, 3.8) is 0 Å². The minimum absolute atomic E-state index is 0.445. The summed E-state index contributed by atoms with van der Waals surface area (Å²) in [5.41, 5.74) is 3.44. The summed E-state index contributed by atoms with van der Waals surface area (Å²) in [4.78, 5) is 1.66. The SMILES string of the molecule is Cc1ccc(-n2nnc(C3CCNCC3)n2)c(C)c1. The zero-order chi connectivity index (χ0) is 13.2. The van der Waals surface area contributed by atoms with Crippen LogP contribution in [0.2, 0.25) is 0 Å². The van der Waals surface area contributed by atoms with Crippen molar-refractivity contribution in [2.45, 2.75) is 32.6 Å². The van der Waals surface area contributed by atoms with Crippen molar-refractivity contribution in [1.82, 2.24) is 25.5 Å². The highest BCUT2D eigenvalue weighted by Crippen LogP contribution is 2.22. The summed E-state index contributed by atoms with van der Waals surface area (Å²) in [6.45, 7) is 6.26. The second-order valence-corrected chi connectivity index (χ2v) is 5.25. The van der Waals surface area contributed by atoms with Crippen LogP contribution in [0.5, 0.6) is 0 Å². The van der Waals surface area contributed by atoms with Gasteiger partial charge in [0.05, 0.1) is 5.69 Å². The molecule has 0 radical (unpaired) electrons. The minimum atomic E-state index is 0.445. The van der Waals surface area contributed by atoms with E-state index >= 15 is 0 Å². The number of aromatic nitrogens is 4. The summed E-state index contributed by atoms with van der Waals surface area (Å²) in [7, 11) is 0. The predicted molar refractivity (Wildman–Crippen MR) is 73.5 cm³/mol. The van der Waals surface area contributed by atoms with Gasteiger partial charge in [-0.3, -0.25) is 0 Å². The molecule has 5 heteroatoms. The molecule has 1 aliphatic rings. The van der Waals surface area contributed by atoms with E-state index in [1.165, 1.54) is 11.1 Å². The van der Waals surface area contributed by atoms with Gasteiger partial charge in [-0.15, -0.1) is 15.0 Å². The first-order valence-corrected chi connectivity index (χ1v) is 6.82. The molecule has 2 heterocycles. The van der Waals surface area contributed by atoms with Gasteiger partial charge in [0.15, 0.2) is 5.82 Å². The van der Waals surface area contributed by atoms with Crippen molar-refractivity contribution >= 4 is 0 Å². The van der Waals surface area contributed by atoms with Gasteiger partial charge in [-0.1, -0.05) is 17.7 Å². The van der Waals surface area contributed by atoms with Crippen LogP contribution in [0.4, 0.5) is 0 Å². The average molecular weight is 257 g/mol. The van der Waals surface area contributed by atoms with Crippen molar-refractivity contribution in [2.75, 3.05) is 13.1 Å². The fraction of sp³-hybridized carbons (Fsp3) is 0.500. The Morgan fingerprint density at radius 2 is 2.00 bits per heavy atom. The molecule has 1 saturated heterocycles.